The van der Waals surface area contributed by atoms with Crippen molar-refractivity contribution >= 4 is 11.8 Å². The van der Waals surface area contributed by atoms with Crippen LogP contribution in [0.15, 0.2) is 17.0 Å². The highest BCUT2D eigenvalue weighted by Gasteiger charge is 2.33. The molecule has 1 aliphatic heterocycles. The molecule has 1 aromatic rings. The van der Waals surface area contributed by atoms with E-state index in [1.807, 2.05) is 6.07 Å². The number of thioether (sulfide) groups is 1. The van der Waals surface area contributed by atoms with Crippen LogP contribution in [0.3, 0.4) is 0 Å². The van der Waals surface area contributed by atoms with E-state index < -0.39 is 5.60 Å². The molecule has 0 unspecified atom stereocenters. The largest absolute Gasteiger partial charge is 0.486 e. The predicted octanol–water partition coefficient (Wildman–Crippen LogP) is 2.18. The van der Waals surface area contributed by atoms with Crippen LogP contribution in [0.4, 0.5) is 0 Å². The molecule has 2 aliphatic rings. The topological polar surface area (TPSA) is 50.7 Å². The van der Waals surface area contributed by atoms with Gasteiger partial charge in [0.25, 0.3) is 0 Å². The fourth-order valence-electron chi connectivity index (χ4n) is 2.63. The van der Waals surface area contributed by atoms with Gasteiger partial charge in [-0.3, -0.25) is 0 Å². The van der Waals surface area contributed by atoms with E-state index in [1.54, 1.807) is 11.8 Å². The van der Waals surface area contributed by atoms with E-state index in [-0.39, 0.29) is 0 Å². The highest BCUT2D eigenvalue weighted by molar-refractivity contribution is 7.98. The van der Waals surface area contributed by atoms with Crippen LogP contribution < -0.4 is 14.8 Å². The quantitative estimate of drug-likeness (QED) is 0.816. The Hall–Kier alpha value is -0.910. The molecule has 20 heavy (non-hydrogen) atoms. The molecule has 0 saturated heterocycles. The molecule has 1 aromatic carbocycles. The van der Waals surface area contributed by atoms with Crippen molar-refractivity contribution in [1.29, 1.82) is 0 Å². The van der Waals surface area contributed by atoms with Gasteiger partial charge in [-0.2, -0.15) is 0 Å². The Morgan fingerprint density at radius 1 is 1.25 bits per heavy atom. The summed E-state index contributed by atoms with van der Waals surface area (Å²) in [6, 6.07) is 4.10. The van der Waals surface area contributed by atoms with E-state index in [4.69, 9.17) is 9.47 Å². The van der Waals surface area contributed by atoms with E-state index in [0.717, 1.165) is 37.3 Å². The van der Waals surface area contributed by atoms with Crippen LogP contribution in [0, 0.1) is 0 Å². The summed E-state index contributed by atoms with van der Waals surface area (Å²) in [6.07, 6.45) is 5.03. The maximum absolute atomic E-state index is 10.1. The minimum absolute atomic E-state index is 0.479. The van der Waals surface area contributed by atoms with Gasteiger partial charge in [0.15, 0.2) is 11.5 Å². The molecular weight excluding hydrogens is 274 g/mol. The third-order valence-electron chi connectivity index (χ3n) is 4.00. The molecule has 5 heteroatoms. The summed E-state index contributed by atoms with van der Waals surface area (Å²) in [5.74, 6) is 1.66. The summed E-state index contributed by atoms with van der Waals surface area (Å²) in [5, 5.41) is 13.5. The van der Waals surface area contributed by atoms with Crippen molar-refractivity contribution in [1.82, 2.24) is 5.32 Å². The van der Waals surface area contributed by atoms with Crippen LogP contribution in [-0.4, -0.2) is 36.7 Å². The minimum atomic E-state index is -0.479. The molecule has 1 saturated carbocycles. The second kappa shape index (κ2) is 5.84. The normalized spacial score (nSPS) is 19.5. The maximum atomic E-state index is 10.1. The number of nitrogens with one attached hydrogen (secondary N) is 1. The number of hydrogen-bond donors (Lipinski definition) is 2. The van der Waals surface area contributed by atoms with Gasteiger partial charge < -0.3 is 19.9 Å². The maximum Gasteiger partial charge on any atom is 0.162 e. The van der Waals surface area contributed by atoms with E-state index in [9.17, 15) is 5.11 Å². The molecule has 0 spiro atoms. The molecule has 0 radical (unpaired) electrons. The van der Waals surface area contributed by atoms with Crippen molar-refractivity contribution in [3.8, 4) is 11.5 Å². The molecule has 3 rings (SSSR count). The van der Waals surface area contributed by atoms with E-state index in [2.05, 4.69) is 17.6 Å². The number of benzene rings is 1. The Balaban J connectivity index is 1.68. The number of rotatable bonds is 5. The lowest BCUT2D eigenvalue weighted by Crippen LogP contribution is -2.46. The van der Waals surface area contributed by atoms with Gasteiger partial charge in [-0.1, -0.05) is 0 Å². The Morgan fingerprint density at radius 3 is 2.55 bits per heavy atom. The molecule has 0 amide bonds. The van der Waals surface area contributed by atoms with E-state index in [0.29, 0.717) is 19.8 Å². The Bertz CT molecular complexity index is 488. The molecule has 0 atom stereocenters. The van der Waals surface area contributed by atoms with Gasteiger partial charge >= 0.3 is 0 Å². The van der Waals surface area contributed by atoms with Crippen molar-refractivity contribution in [2.75, 3.05) is 26.0 Å². The van der Waals surface area contributed by atoms with E-state index in [1.165, 1.54) is 10.5 Å². The standard InChI is InChI=1S/C15H21NO3S/c1-20-14-8-13-12(18-5-6-19-13)7-11(14)9-16-10-15(17)3-2-4-15/h7-8,16-17H,2-6,9-10H2,1H3. The van der Waals surface area contributed by atoms with Gasteiger partial charge in [-0.15, -0.1) is 11.8 Å². The fraction of sp³-hybridized carbons (Fsp3) is 0.600. The molecule has 1 fully saturated rings. The number of fused-ring (bicyclic) bond motifs is 1. The summed E-state index contributed by atoms with van der Waals surface area (Å²) >= 11 is 1.71. The highest BCUT2D eigenvalue weighted by Crippen LogP contribution is 2.36. The second-order valence-electron chi connectivity index (χ2n) is 5.49. The summed E-state index contributed by atoms with van der Waals surface area (Å²) in [6.45, 7) is 2.63. The van der Waals surface area contributed by atoms with Crippen molar-refractivity contribution in [3.63, 3.8) is 0 Å². The second-order valence-corrected chi connectivity index (χ2v) is 6.34. The average Bonchev–Trinajstić information content (AvgIpc) is 2.44. The van der Waals surface area contributed by atoms with Gasteiger partial charge in [0.2, 0.25) is 0 Å². The molecular formula is C15H21NO3S. The first kappa shape index (κ1) is 14.0. The first-order valence-corrected chi connectivity index (χ1v) is 8.32. The molecule has 1 heterocycles. The molecule has 0 aromatic heterocycles. The monoisotopic (exact) mass is 295 g/mol. The van der Waals surface area contributed by atoms with Crippen LogP contribution in [0.1, 0.15) is 24.8 Å². The zero-order valence-electron chi connectivity index (χ0n) is 11.8. The van der Waals surface area contributed by atoms with Gasteiger partial charge in [0, 0.05) is 18.0 Å². The van der Waals surface area contributed by atoms with Gasteiger partial charge in [-0.25, -0.2) is 0 Å². The summed E-state index contributed by atoms with van der Waals surface area (Å²) in [4.78, 5) is 1.20. The number of ether oxygens (including phenoxy) is 2. The SMILES string of the molecule is CSc1cc2c(cc1CNCC1(O)CCC1)OCCO2. The van der Waals surface area contributed by atoms with Gasteiger partial charge in [0.1, 0.15) is 13.2 Å². The zero-order chi connectivity index (χ0) is 14.0. The van der Waals surface area contributed by atoms with Crippen LogP contribution >= 0.6 is 11.8 Å². The predicted molar refractivity (Wildman–Crippen MR) is 79.7 cm³/mol. The van der Waals surface area contributed by atoms with Crippen LogP contribution in [-0.2, 0) is 6.54 Å². The first-order chi connectivity index (χ1) is 9.70. The summed E-state index contributed by atoms with van der Waals surface area (Å²) < 4.78 is 11.2. The smallest absolute Gasteiger partial charge is 0.162 e. The molecule has 4 nitrogen and oxygen atoms in total. The third kappa shape index (κ3) is 2.90. The Morgan fingerprint density at radius 2 is 1.95 bits per heavy atom. The first-order valence-electron chi connectivity index (χ1n) is 7.10. The Kier molecular flexibility index (Phi) is 4.10. The summed E-state index contributed by atoms with van der Waals surface area (Å²) in [5.41, 5.74) is 0.720. The zero-order valence-corrected chi connectivity index (χ0v) is 12.6. The van der Waals surface area contributed by atoms with Crippen molar-refractivity contribution < 1.29 is 14.6 Å². The minimum Gasteiger partial charge on any atom is -0.486 e. The van der Waals surface area contributed by atoms with Gasteiger partial charge in [0.05, 0.1) is 5.60 Å². The van der Waals surface area contributed by atoms with Crippen LogP contribution in [0.25, 0.3) is 0 Å². The fourth-order valence-corrected chi connectivity index (χ4v) is 3.25. The third-order valence-corrected chi connectivity index (χ3v) is 4.82. The van der Waals surface area contributed by atoms with Crippen LogP contribution in [0.5, 0.6) is 11.5 Å². The lowest BCUT2D eigenvalue weighted by atomic mass is 9.80. The van der Waals surface area contributed by atoms with Crippen molar-refractivity contribution in [3.05, 3.63) is 17.7 Å². The Labute approximate surface area is 123 Å². The average molecular weight is 295 g/mol. The van der Waals surface area contributed by atoms with Gasteiger partial charge in [-0.05, 0) is 43.2 Å². The number of aliphatic hydroxyl groups is 1. The summed E-state index contributed by atoms with van der Waals surface area (Å²) in [7, 11) is 0. The van der Waals surface area contributed by atoms with Crippen LogP contribution in [0.2, 0.25) is 0 Å². The molecule has 1 aliphatic carbocycles. The number of hydrogen-bond acceptors (Lipinski definition) is 5. The lowest BCUT2D eigenvalue weighted by Gasteiger charge is -2.36. The van der Waals surface area contributed by atoms with E-state index >= 15 is 0 Å². The molecule has 2 N–H and O–H groups in total. The van der Waals surface area contributed by atoms with Crippen molar-refractivity contribution in [2.45, 2.75) is 36.3 Å². The lowest BCUT2D eigenvalue weighted by molar-refractivity contribution is -0.0315. The molecule has 0 bridgehead atoms. The highest BCUT2D eigenvalue weighted by atomic mass is 32.2. The molecule has 110 valence electrons. The van der Waals surface area contributed by atoms with Crippen molar-refractivity contribution in [2.24, 2.45) is 0 Å².